The number of anilines is 2. The molecule has 3 aliphatic rings. The highest BCUT2D eigenvalue weighted by Gasteiger charge is 2.47. The van der Waals surface area contributed by atoms with Crippen molar-refractivity contribution in [2.75, 3.05) is 28.7 Å². The van der Waals surface area contributed by atoms with E-state index in [1.54, 1.807) is 11.8 Å². The zero-order chi connectivity index (χ0) is 17.0. The monoisotopic (exact) mass is 356 g/mol. The van der Waals surface area contributed by atoms with Gasteiger partial charge in [0.2, 0.25) is 0 Å². The molecule has 0 spiro atoms. The summed E-state index contributed by atoms with van der Waals surface area (Å²) in [7, 11) is 0. The molecule has 0 aliphatic carbocycles. The second kappa shape index (κ2) is 5.77. The predicted octanol–water partition coefficient (Wildman–Crippen LogP) is 2.57. The zero-order valence-corrected chi connectivity index (χ0v) is 13.9. The summed E-state index contributed by atoms with van der Waals surface area (Å²) in [5.41, 5.74) is 0.108. The Labute approximate surface area is 142 Å². The fourth-order valence-electron chi connectivity index (χ4n) is 3.84. The molecule has 3 aliphatic heterocycles. The lowest BCUT2D eigenvalue weighted by atomic mass is 10.1. The summed E-state index contributed by atoms with van der Waals surface area (Å²) in [5, 5.41) is 9.17. The second-order valence-corrected chi connectivity index (χ2v) is 7.70. The summed E-state index contributed by atoms with van der Waals surface area (Å²) >= 11 is 1.73. The first-order valence-electron chi connectivity index (χ1n) is 7.97. The maximum Gasteiger partial charge on any atom is 0.414 e. The summed E-state index contributed by atoms with van der Waals surface area (Å²) in [4.78, 5) is 14.8. The topological polar surface area (TPSA) is 53.0 Å². The van der Waals surface area contributed by atoms with Gasteiger partial charge in [-0.1, -0.05) is 6.92 Å². The molecule has 0 saturated carbocycles. The highest BCUT2D eigenvalue weighted by molar-refractivity contribution is 8.00. The zero-order valence-electron chi connectivity index (χ0n) is 13.1. The number of cyclic esters (lactones) is 1. The van der Waals surface area contributed by atoms with Gasteiger partial charge in [-0.25, -0.2) is 13.6 Å². The number of amides is 1. The molecule has 4 atom stereocenters. The smallest absolute Gasteiger partial charge is 0.414 e. The number of aliphatic hydroxyl groups excluding tert-OH is 1. The minimum Gasteiger partial charge on any atom is -0.441 e. The van der Waals surface area contributed by atoms with Gasteiger partial charge in [-0.05, 0) is 12.3 Å². The van der Waals surface area contributed by atoms with Crippen LogP contribution in [-0.4, -0.2) is 47.6 Å². The molecule has 4 rings (SSSR count). The minimum absolute atomic E-state index is 0.00521. The van der Waals surface area contributed by atoms with Crippen LogP contribution in [0, 0.1) is 17.6 Å². The summed E-state index contributed by atoms with van der Waals surface area (Å²) in [5.74, 6) is -0.0634. The van der Waals surface area contributed by atoms with Gasteiger partial charge in [0.25, 0.3) is 0 Å². The van der Waals surface area contributed by atoms with Gasteiger partial charge in [-0.2, -0.15) is 0 Å². The molecule has 8 heteroatoms. The van der Waals surface area contributed by atoms with Gasteiger partial charge in [0.15, 0.2) is 11.6 Å². The van der Waals surface area contributed by atoms with E-state index in [0.29, 0.717) is 5.92 Å². The number of ether oxygens (including phenoxy) is 1. The molecule has 3 heterocycles. The maximum atomic E-state index is 14.7. The number of carbonyl (C=O) groups excluding carboxylic acids is 1. The van der Waals surface area contributed by atoms with E-state index >= 15 is 0 Å². The third-order valence-electron chi connectivity index (χ3n) is 4.91. The second-order valence-electron chi connectivity index (χ2n) is 6.55. The van der Waals surface area contributed by atoms with Gasteiger partial charge in [0.05, 0.1) is 24.2 Å². The molecular weight excluding hydrogens is 338 g/mol. The average Bonchev–Trinajstić information content (AvgIpc) is 3.19. The van der Waals surface area contributed by atoms with E-state index in [1.807, 2.05) is 4.90 Å². The number of fused-ring (bicyclic) bond motifs is 2. The number of carbonyl (C=O) groups is 1. The van der Waals surface area contributed by atoms with Crippen LogP contribution in [0.3, 0.4) is 0 Å². The first-order valence-corrected chi connectivity index (χ1v) is 9.02. The number of rotatable bonds is 3. The van der Waals surface area contributed by atoms with E-state index in [0.717, 1.165) is 17.1 Å². The van der Waals surface area contributed by atoms with Gasteiger partial charge in [0, 0.05) is 23.9 Å². The van der Waals surface area contributed by atoms with Crippen molar-refractivity contribution in [2.24, 2.45) is 5.92 Å². The van der Waals surface area contributed by atoms with Crippen LogP contribution in [0.25, 0.3) is 0 Å². The third-order valence-corrected chi connectivity index (χ3v) is 6.52. The molecule has 3 fully saturated rings. The SMILES string of the molecule is C[C@@H]1CC2CSC1N2c1c(F)cc(N2C[C@H](CO)OC2=O)cc1F. The minimum atomic E-state index is -0.703. The largest absolute Gasteiger partial charge is 0.441 e. The number of thioether (sulfide) groups is 1. The standard InChI is InChI=1S/C16H18F2N2O3S/c1-8-2-10-7-24-15(8)20(10)14-12(17)3-9(4-13(14)18)19-5-11(6-21)23-16(19)22/h3-4,8,10-11,15,21H,2,5-7H2,1H3/t8-,10?,11-,15?/m1/s1. The van der Waals surface area contributed by atoms with E-state index < -0.39 is 23.8 Å². The van der Waals surface area contributed by atoms with Crippen LogP contribution in [0.5, 0.6) is 0 Å². The van der Waals surface area contributed by atoms with Gasteiger partial charge in [-0.15, -0.1) is 11.8 Å². The Kier molecular flexibility index (Phi) is 3.84. The lowest BCUT2D eigenvalue weighted by molar-refractivity contribution is 0.0963. The number of halogens is 2. The van der Waals surface area contributed by atoms with Crippen LogP contribution in [0.15, 0.2) is 12.1 Å². The lowest BCUT2D eigenvalue weighted by Crippen LogP contribution is -2.32. The van der Waals surface area contributed by atoms with Crippen molar-refractivity contribution in [1.29, 1.82) is 0 Å². The number of nitrogens with zero attached hydrogens (tertiary/aromatic N) is 2. The Hall–Kier alpha value is -1.54. The molecule has 1 aromatic rings. The first-order chi connectivity index (χ1) is 11.5. The number of hydrogen-bond acceptors (Lipinski definition) is 5. The van der Waals surface area contributed by atoms with Gasteiger partial charge >= 0.3 is 6.09 Å². The Bertz CT molecular complexity index is 666. The van der Waals surface area contributed by atoms with Crippen LogP contribution in [0.1, 0.15) is 13.3 Å². The Balaban J connectivity index is 1.66. The molecule has 1 amide bonds. The summed E-state index contributed by atoms with van der Waals surface area (Å²) in [6.07, 6.45) is -0.435. The average molecular weight is 356 g/mol. The molecule has 3 saturated heterocycles. The molecule has 0 aromatic heterocycles. The van der Waals surface area contributed by atoms with Crippen molar-refractivity contribution in [3.8, 4) is 0 Å². The number of hydrogen-bond donors (Lipinski definition) is 1. The first kappa shape index (κ1) is 16.0. The molecule has 0 radical (unpaired) electrons. The van der Waals surface area contributed by atoms with Gasteiger partial charge in [0.1, 0.15) is 11.8 Å². The van der Waals surface area contributed by atoms with Crippen molar-refractivity contribution in [1.82, 2.24) is 0 Å². The van der Waals surface area contributed by atoms with Gasteiger partial charge < -0.3 is 14.7 Å². The molecule has 2 unspecified atom stereocenters. The van der Waals surface area contributed by atoms with Gasteiger partial charge in [-0.3, -0.25) is 4.90 Å². The molecule has 24 heavy (non-hydrogen) atoms. The van der Waals surface area contributed by atoms with E-state index in [1.165, 1.54) is 12.1 Å². The van der Waals surface area contributed by atoms with Crippen LogP contribution < -0.4 is 9.80 Å². The van der Waals surface area contributed by atoms with E-state index in [9.17, 15) is 13.6 Å². The van der Waals surface area contributed by atoms with Crippen LogP contribution >= 0.6 is 11.8 Å². The Morgan fingerprint density at radius 2 is 2.08 bits per heavy atom. The molecule has 5 nitrogen and oxygen atoms in total. The quantitative estimate of drug-likeness (QED) is 0.902. The fourth-order valence-corrected chi connectivity index (χ4v) is 5.43. The Morgan fingerprint density at radius 3 is 2.58 bits per heavy atom. The van der Waals surface area contributed by atoms with Crippen LogP contribution in [0.2, 0.25) is 0 Å². The molecule has 130 valence electrons. The van der Waals surface area contributed by atoms with Crippen molar-refractivity contribution in [3.05, 3.63) is 23.8 Å². The van der Waals surface area contributed by atoms with Crippen molar-refractivity contribution in [3.63, 3.8) is 0 Å². The number of aliphatic hydroxyl groups is 1. The normalized spacial score (nSPS) is 31.9. The number of benzene rings is 1. The third kappa shape index (κ3) is 2.35. The van der Waals surface area contributed by atoms with Crippen LogP contribution in [-0.2, 0) is 4.74 Å². The maximum absolute atomic E-state index is 14.7. The summed E-state index contributed by atoms with van der Waals surface area (Å²) < 4.78 is 34.3. The van der Waals surface area contributed by atoms with Crippen molar-refractivity contribution < 1.29 is 23.4 Å². The summed E-state index contributed by atoms with van der Waals surface area (Å²) in [6, 6.07) is 2.50. The molecule has 1 N–H and O–H groups in total. The van der Waals surface area contributed by atoms with E-state index in [4.69, 9.17) is 9.84 Å². The molecule has 1 aromatic carbocycles. The predicted molar refractivity (Wildman–Crippen MR) is 87.4 cm³/mol. The lowest BCUT2D eigenvalue weighted by Gasteiger charge is -2.26. The fraction of sp³-hybridized carbons (Fsp3) is 0.562. The van der Waals surface area contributed by atoms with Crippen molar-refractivity contribution >= 4 is 29.2 Å². The van der Waals surface area contributed by atoms with E-state index in [-0.39, 0.29) is 35.9 Å². The molecular formula is C16H18F2N2O3S. The van der Waals surface area contributed by atoms with E-state index in [2.05, 4.69) is 6.92 Å². The van der Waals surface area contributed by atoms with Crippen molar-refractivity contribution in [2.45, 2.75) is 30.9 Å². The highest BCUT2D eigenvalue weighted by Crippen LogP contribution is 2.48. The highest BCUT2D eigenvalue weighted by atomic mass is 32.2. The van der Waals surface area contributed by atoms with Crippen LogP contribution in [0.4, 0.5) is 25.0 Å². The summed E-state index contributed by atoms with van der Waals surface area (Å²) in [6.45, 7) is 1.86. The molecule has 2 bridgehead atoms. The Morgan fingerprint density at radius 1 is 1.38 bits per heavy atom.